The molecule has 0 amide bonds. The van der Waals surface area contributed by atoms with Gasteiger partial charge in [0.15, 0.2) is 0 Å². The summed E-state index contributed by atoms with van der Waals surface area (Å²) in [4.78, 5) is 11.9. The standard InChI is InChI=1S/C14H15NO2S/c1-9-5-6-11(8-10(9)2)15-13(14(16)17)12-4-3-7-18-12/h3-8,13,15H,1-2H3,(H,16,17)/p-1/t13-/m1/s1. The van der Waals surface area contributed by atoms with E-state index in [1.165, 1.54) is 16.9 Å². The predicted octanol–water partition coefficient (Wildman–Crippen LogP) is 2.27. The molecule has 0 unspecified atom stereocenters. The van der Waals surface area contributed by atoms with Gasteiger partial charge in [0.25, 0.3) is 0 Å². The van der Waals surface area contributed by atoms with Gasteiger partial charge < -0.3 is 15.2 Å². The van der Waals surface area contributed by atoms with Crippen LogP contribution < -0.4 is 10.4 Å². The number of carbonyl (C=O) groups is 1. The van der Waals surface area contributed by atoms with E-state index in [4.69, 9.17) is 0 Å². The van der Waals surface area contributed by atoms with Crippen molar-refractivity contribution >= 4 is 23.0 Å². The van der Waals surface area contributed by atoms with Gasteiger partial charge in [0.2, 0.25) is 0 Å². The second kappa shape index (κ2) is 5.23. The monoisotopic (exact) mass is 260 g/mol. The molecule has 0 bridgehead atoms. The number of benzene rings is 1. The van der Waals surface area contributed by atoms with E-state index in [0.717, 1.165) is 16.1 Å². The van der Waals surface area contributed by atoms with Crippen LogP contribution >= 0.6 is 11.3 Å². The van der Waals surface area contributed by atoms with Crippen molar-refractivity contribution in [2.75, 3.05) is 5.32 Å². The number of anilines is 1. The van der Waals surface area contributed by atoms with Gasteiger partial charge in [0, 0.05) is 10.6 Å². The number of hydrogen-bond acceptors (Lipinski definition) is 4. The van der Waals surface area contributed by atoms with Crippen LogP contribution in [-0.2, 0) is 4.79 Å². The fourth-order valence-electron chi connectivity index (χ4n) is 1.70. The Labute approximate surface area is 110 Å². The Morgan fingerprint density at radius 1 is 1.28 bits per heavy atom. The summed E-state index contributed by atoms with van der Waals surface area (Å²) in [6.07, 6.45) is 0. The molecule has 1 aromatic carbocycles. The number of nitrogens with one attached hydrogen (secondary N) is 1. The molecular formula is C14H14NO2S-. The highest BCUT2D eigenvalue weighted by atomic mass is 32.1. The summed E-state index contributed by atoms with van der Waals surface area (Å²) in [6.45, 7) is 4.02. The number of carbonyl (C=O) groups excluding carboxylic acids is 1. The first-order chi connectivity index (χ1) is 8.58. The summed E-state index contributed by atoms with van der Waals surface area (Å²) in [6, 6.07) is 8.62. The molecule has 0 saturated heterocycles. The maximum absolute atomic E-state index is 11.2. The normalized spacial score (nSPS) is 12.1. The number of aryl methyl sites for hydroxylation is 2. The van der Waals surface area contributed by atoms with Gasteiger partial charge in [-0.05, 0) is 48.6 Å². The summed E-state index contributed by atoms with van der Waals surface area (Å²) in [5, 5.41) is 16.0. The van der Waals surface area contributed by atoms with E-state index in [0.29, 0.717) is 0 Å². The molecule has 18 heavy (non-hydrogen) atoms. The molecule has 2 rings (SSSR count). The number of thiophene rings is 1. The molecule has 1 N–H and O–H groups in total. The Kier molecular flexibility index (Phi) is 3.67. The summed E-state index contributed by atoms with van der Waals surface area (Å²) in [5.41, 5.74) is 3.10. The SMILES string of the molecule is Cc1ccc(N[C@@H](C(=O)[O-])c2cccs2)cc1C. The van der Waals surface area contributed by atoms with Crippen LogP contribution in [0.25, 0.3) is 0 Å². The summed E-state index contributed by atoms with van der Waals surface area (Å²) < 4.78 is 0. The molecule has 0 fully saturated rings. The first kappa shape index (κ1) is 12.6. The van der Waals surface area contributed by atoms with Gasteiger partial charge in [-0.15, -0.1) is 11.3 Å². The molecule has 3 nitrogen and oxygen atoms in total. The first-order valence-corrected chi connectivity index (χ1v) is 6.54. The molecule has 0 radical (unpaired) electrons. The van der Waals surface area contributed by atoms with Gasteiger partial charge in [0.05, 0.1) is 5.97 Å². The lowest BCUT2D eigenvalue weighted by Crippen LogP contribution is -2.33. The second-order valence-corrected chi connectivity index (χ2v) is 5.19. The Morgan fingerprint density at radius 3 is 2.61 bits per heavy atom. The highest BCUT2D eigenvalue weighted by Crippen LogP contribution is 2.24. The smallest absolute Gasteiger partial charge is 0.101 e. The van der Waals surface area contributed by atoms with Crippen LogP contribution in [0.5, 0.6) is 0 Å². The first-order valence-electron chi connectivity index (χ1n) is 5.66. The number of aliphatic carboxylic acids is 1. The summed E-state index contributed by atoms with van der Waals surface area (Å²) in [7, 11) is 0. The number of carboxylic acid groups (broad SMARTS) is 1. The zero-order valence-electron chi connectivity index (χ0n) is 10.3. The lowest BCUT2D eigenvalue weighted by atomic mass is 10.1. The second-order valence-electron chi connectivity index (χ2n) is 4.21. The maximum Gasteiger partial charge on any atom is 0.101 e. The number of hydrogen-bond donors (Lipinski definition) is 1. The molecule has 0 spiro atoms. The van der Waals surface area contributed by atoms with Crippen molar-refractivity contribution in [3.05, 3.63) is 51.7 Å². The van der Waals surface area contributed by atoms with Crippen molar-refractivity contribution in [2.24, 2.45) is 0 Å². The molecule has 94 valence electrons. The third-order valence-electron chi connectivity index (χ3n) is 2.88. The molecular weight excluding hydrogens is 246 g/mol. The molecule has 1 aromatic heterocycles. The van der Waals surface area contributed by atoms with Crippen molar-refractivity contribution in [3.63, 3.8) is 0 Å². The highest BCUT2D eigenvalue weighted by molar-refractivity contribution is 7.10. The Bertz CT molecular complexity index is 549. The number of carboxylic acids is 1. The van der Waals surface area contributed by atoms with E-state index >= 15 is 0 Å². The van der Waals surface area contributed by atoms with Gasteiger partial charge in [-0.1, -0.05) is 12.1 Å². The van der Waals surface area contributed by atoms with E-state index in [1.54, 1.807) is 6.07 Å². The zero-order valence-corrected chi connectivity index (χ0v) is 11.1. The molecule has 1 heterocycles. The van der Waals surface area contributed by atoms with E-state index in [9.17, 15) is 9.90 Å². The van der Waals surface area contributed by atoms with Crippen LogP contribution in [0, 0.1) is 13.8 Å². The van der Waals surface area contributed by atoms with Crippen molar-refractivity contribution in [2.45, 2.75) is 19.9 Å². The van der Waals surface area contributed by atoms with Crippen molar-refractivity contribution < 1.29 is 9.90 Å². The average Bonchev–Trinajstić information content (AvgIpc) is 2.83. The topological polar surface area (TPSA) is 52.2 Å². The minimum Gasteiger partial charge on any atom is -0.547 e. The van der Waals surface area contributed by atoms with Crippen LogP contribution in [0.4, 0.5) is 5.69 Å². The lowest BCUT2D eigenvalue weighted by Gasteiger charge is -2.20. The maximum atomic E-state index is 11.2. The fraction of sp³-hybridized carbons (Fsp3) is 0.214. The van der Waals surface area contributed by atoms with Crippen LogP contribution in [0.15, 0.2) is 35.7 Å². The molecule has 2 aromatic rings. The Morgan fingerprint density at radius 2 is 2.06 bits per heavy atom. The molecule has 0 aliphatic rings. The van der Waals surface area contributed by atoms with Gasteiger partial charge >= 0.3 is 0 Å². The van der Waals surface area contributed by atoms with E-state index in [2.05, 4.69) is 5.32 Å². The molecule has 4 heteroatoms. The van der Waals surface area contributed by atoms with Crippen LogP contribution in [0.1, 0.15) is 22.0 Å². The van der Waals surface area contributed by atoms with Gasteiger partial charge in [-0.25, -0.2) is 0 Å². The van der Waals surface area contributed by atoms with Crippen LogP contribution in [0.3, 0.4) is 0 Å². The third kappa shape index (κ3) is 2.71. The Hall–Kier alpha value is -1.81. The Balaban J connectivity index is 2.24. The van der Waals surface area contributed by atoms with Gasteiger partial charge in [-0.2, -0.15) is 0 Å². The third-order valence-corrected chi connectivity index (χ3v) is 3.82. The molecule has 0 aliphatic heterocycles. The number of rotatable bonds is 4. The summed E-state index contributed by atoms with van der Waals surface area (Å²) in [5.74, 6) is -1.12. The zero-order chi connectivity index (χ0) is 13.1. The quantitative estimate of drug-likeness (QED) is 0.917. The predicted molar refractivity (Wildman–Crippen MR) is 71.6 cm³/mol. The molecule has 0 aliphatic carbocycles. The van der Waals surface area contributed by atoms with E-state index in [-0.39, 0.29) is 0 Å². The highest BCUT2D eigenvalue weighted by Gasteiger charge is 2.13. The van der Waals surface area contributed by atoms with Crippen molar-refractivity contribution in [1.82, 2.24) is 0 Å². The lowest BCUT2D eigenvalue weighted by molar-refractivity contribution is -0.307. The molecule has 1 atom stereocenters. The largest absolute Gasteiger partial charge is 0.547 e. The van der Waals surface area contributed by atoms with E-state index < -0.39 is 12.0 Å². The fourth-order valence-corrected chi connectivity index (χ4v) is 2.46. The average molecular weight is 260 g/mol. The van der Waals surface area contributed by atoms with Crippen molar-refractivity contribution in [1.29, 1.82) is 0 Å². The van der Waals surface area contributed by atoms with Gasteiger partial charge in [0.1, 0.15) is 6.04 Å². The van der Waals surface area contributed by atoms with Crippen molar-refractivity contribution in [3.8, 4) is 0 Å². The van der Waals surface area contributed by atoms with E-state index in [1.807, 2.05) is 43.5 Å². The minimum atomic E-state index is -1.12. The van der Waals surface area contributed by atoms with Crippen LogP contribution in [0.2, 0.25) is 0 Å². The summed E-state index contributed by atoms with van der Waals surface area (Å²) >= 11 is 1.40. The minimum absolute atomic E-state index is 0.744. The molecule has 0 saturated carbocycles. The van der Waals surface area contributed by atoms with Crippen LogP contribution in [-0.4, -0.2) is 5.97 Å². The van der Waals surface area contributed by atoms with Gasteiger partial charge in [-0.3, -0.25) is 0 Å².